The molecule has 2 rings (SSSR count). The largest absolute Gasteiger partial charge is 0.207 e. The molecule has 0 saturated carbocycles. The molecule has 2 aromatic rings. The first-order valence-corrected chi connectivity index (χ1v) is 6.52. The highest BCUT2D eigenvalue weighted by Crippen LogP contribution is 2.14. The van der Waals surface area contributed by atoms with Crippen molar-refractivity contribution in [2.45, 2.75) is 25.7 Å². The lowest BCUT2D eigenvalue weighted by molar-refractivity contribution is 0.599. The van der Waals surface area contributed by atoms with E-state index in [1.165, 1.54) is 11.6 Å². The summed E-state index contributed by atoms with van der Waals surface area (Å²) >= 11 is 0. The zero-order chi connectivity index (χ0) is 13.5. The molecule has 1 nitrogen and oxygen atoms in total. The van der Waals surface area contributed by atoms with E-state index in [0.29, 0.717) is 11.1 Å². The number of unbranched alkanes of at least 4 members (excludes halogenated alkanes) is 1. The summed E-state index contributed by atoms with van der Waals surface area (Å²) < 4.78 is 13.6. The summed E-state index contributed by atoms with van der Waals surface area (Å²) in [5.41, 5.74) is 2.40. The van der Waals surface area contributed by atoms with E-state index >= 15 is 0 Å². The highest BCUT2D eigenvalue weighted by Gasteiger charge is 2.03. The Morgan fingerprint density at radius 1 is 0.947 bits per heavy atom. The van der Waals surface area contributed by atoms with Gasteiger partial charge in [-0.15, -0.1) is 0 Å². The van der Waals surface area contributed by atoms with E-state index in [2.05, 4.69) is 12.1 Å². The van der Waals surface area contributed by atoms with Crippen LogP contribution in [0.4, 0.5) is 4.39 Å². The summed E-state index contributed by atoms with van der Waals surface area (Å²) in [5.74, 6) is -0.265. The van der Waals surface area contributed by atoms with Gasteiger partial charge in [0.1, 0.15) is 5.82 Å². The molecule has 96 valence electrons. The fraction of sp³-hybridized carbons (Fsp3) is 0.235. The second-order valence-electron chi connectivity index (χ2n) is 4.61. The molecular weight excluding hydrogens is 237 g/mol. The smallest absolute Gasteiger partial charge is 0.127 e. The van der Waals surface area contributed by atoms with E-state index in [1.54, 1.807) is 12.1 Å². The van der Waals surface area contributed by atoms with Crippen LogP contribution in [0.3, 0.4) is 0 Å². The average Bonchev–Trinajstić information content (AvgIpc) is 2.46. The maximum Gasteiger partial charge on any atom is 0.127 e. The standard InChI is InChI=1S/C17H16FN/c18-17-12-15(13-19)10-11-16(17)9-5-4-8-14-6-2-1-3-7-14/h1-3,6-7,10-12H,4-5,8-9H2. The number of benzene rings is 2. The monoisotopic (exact) mass is 253 g/mol. The van der Waals surface area contributed by atoms with E-state index in [0.717, 1.165) is 25.7 Å². The Balaban J connectivity index is 1.82. The zero-order valence-electron chi connectivity index (χ0n) is 10.8. The van der Waals surface area contributed by atoms with E-state index in [9.17, 15) is 4.39 Å². The van der Waals surface area contributed by atoms with Crippen molar-refractivity contribution in [2.75, 3.05) is 0 Å². The maximum absolute atomic E-state index is 13.6. The van der Waals surface area contributed by atoms with Gasteiger partial charge < -0.3 is 0 Å². The van der Waals surface area contributed by atoms with Gasteiger partial charge >= 0.3 is 0 Å². The van der Waals surface area contributed by atoms with Crippen molar-refractivity contribution in [3.63, 3.8) is 0 Å². The molecule has 0 fully saturated rings. The van der Waals surface area contributed by atoms with Crippen molar-refractivity contribution in [1.29, 1.82) is 5.26 Å². The number of hydrogen-bond acceptors (Lipinski definition) is 1. The Bertz CT molecular complexity index is 570. The molecule has 0 heterocycles. The van der Waals surface area contributed by atoms with Gasteiger partial charge in [0.25, 0.3) is 0 Å². The number of nitrogens with zero attached hydrogens (tertiary/aromatic N) is 1. The van der Waals surface area contributed by atoms with Gasteiger partial charge in [0, 0.05) is 0 Å². The Morgan fingerprint density at radius 3 is 2.37 bits per heavy atom. The van der Waals surface area contributed by atoms with Crippen molar-refractivity contribution in [3.05, 3.63) is 71.0 Å². The van der Waals surface area contributed by atoms with Crippen LogP contribution < -0.4 is 0 Å². The molecule has 19 heavy (non-hydrogen) atoms. The second kappa shape index (κ2) is 6.70. The molecule has 0 radical (unpaired) electrons. The minimum Gasteiger partial charge on any atom is -0.207 e. The highest BCUT2D eigenvalue weighted by atomic mass is 19.1. The fourth-order valence-electron chi connectivity index (χ4n) is 2.11. The van der Waals surface area contributed by atoms with Crippen molar-refractivity contribution in [2.24, 2.45) is 0 Å². The SMILES string of the molecule is N#Cc1ccc(CCCCc2ccccc2)c(F)c1. The molecule has 0 atom stereocenters. The first kappa shape index (κ1) is 13.3. The molecule has 0 saturated heterocycles. The second-order valence-corrected chi connectivity index (χ2v) is 4.61. The Hall–Kier alpha value is -2.14. The van der Waals surface area contributed by atoms with Crippen molar-refractivity contribution < 1.29 is 4.39 Å². The predicted octanol–water partition coefficient (Wildman–Crippen LogP) is 4.26. The van der Waals surface area contributed by atoms with Gasteiger partial charge in [-0.3, -0.25) is 0 Å². The van der Waals surface area contributed by atoms with Gasteiger partial charge in [-0.25, -0.2) is 4.39 Å². The summed E-state index contributed by atoms with van der Waals surface area (Å²) in [6.45, 7) is 0. The molecule has 2 aromatic carbocycles. The molecular formula is C17H16FN. The fourth-order valence-corrected chi connectivity index (χ4v) is 2.11. The Morgan fingerprint density at radius 2 is 1.68 bits per heavy atom. The Labute approximate surface area is 113 Å². The molecule has 0 spiro atoms. The van der Waals surface area contributed by atoms with Gasteiger partial charge in [0.2, 0.25) is 0 Å². The van der Waals surface area contributed by atoms with Gasteiger partial charge in [-0.2, -0.15) is 5.26 Å². The summed E-state index contributed by atoms with van der Waals surface area (Å²) in [6, 6.07) is 17.0. The van der Waals surface area contributed by atoms with Crippen LogP contribution in [0.15, 0.2) is 48.5 Å². The van der Waals surface area contributed by atoms with Crippen LogP contribution in [0.5, 0.6) is 0 Å². The molecule has 0 bridgehead atoms. The topological polar surface area (TPSA) is 23.8 Å². The predicted molar refractivity (Wildman–Crippen MR) is 74.2 cm³/mol. The van der Waals surface area contributed by atoms with Gasteiger partial charge in [-0.05, 0) is 48.9 Å². The van der Waals surface area contributed by atoms with E-state index < -0.39 is 0 Å². The molecule has 0 N–H and O–H groups in total. The lowest BCUT2D eigenvalue weighted by Crippen LogP contribution is -1.93. The minimum absolute atomic E-state index is 0.265. The lowest BCUT2D eigenvalue weighted by Gasteiger charge is -2.04. The lowest BCUT2D eigenvalue weighted by atomic mass is 10.0. The number of rotatable bonds is 5. The molecule has 2 heteroatoms. The van der Waals surface area contributed by atoms with Crippen molar-refractivity contribution in [3.8, 4) is 6.07 Å². The van der Waals surface area contributed by atoms with Crippen LogP contribution >= 0.6 is 0 Å². The summed E-state index contributed by atoms with van der Waals surface area (Å²) in [4.78, 5) is 0. The maximum atomic E-state index is 13.6. The molecule has 0 aliphatic heterocycles. The van der Waals surface area contributed by atoms with Gasteiger partial charge in [0.05, 0.1) is 11.6 Å². The Kier molecular flexibility index (Phi) is 4.69. The average molecular weight is 253 g/mol. The van der Waals surface area contributed by atoms with E-state index in [4.69, 9.17) is 5.26 Å². The van der Waals surface area contributed by atoms with Gasteiger partial charge in [0.15, 0.2) is 0 Å². The van der Waals surface area contributed by atoms with Crippen LogP contribution in [0.2, 0.25) is 0 Å². The van der Waals surface area contributed by atoms with Crippen LogP contribution in [-0.4, -0.2) is 0 Å². The quantitative estimate of drug-likeness (QED) is 0.730. The number of hydrogen-bond donors (Lipinski definition) is 0. The molecule has 0 aliphatic rings. The molecule has 0 aromatic heterocycles. The number of nitriles is 1. The number of aryl methyl sites for hydroxylation is 2. The van der Waals surface area contributed by atoms with E-state index in [1.807, 2.05) is 24.3 Å². The summed E-state index contributed by atoms with van der Waals surface area (Å²) in [6.07, 6.45) is 3.75. The third-order valence-corrected chi connectivity index (χ3v) is 3.19. The van der Waals surface area contributed by atoms with E-state index in [-0.39, 0.29) is 5.82 Å². The van der Waals surface area contributed by atoms with Crippen molar-refractivity contribution >= 4 is 0 Å². The first-order chi connectivity index (χ1) is 9.29. The van der Waals surface area contributed by atoms with Crippen LogP contribution in [0.1, 0.15) is 29.5 Å². The molecule has 0 unspecified atom stereocenters. The normalized spacial score (nSPS) is 10.1. The first-order valence-electron chi connectivity index (χ1n) is 6.52. The third-order valence-electron chi connectivity index (χ3n) is 3.19. The van der Waals surface area contributed by atoms with Gasteiger partial charge in [-0.1, -0.05) is 36.4 Å². The summed E-state index contributed by atoms with van der Waals surface area (Å²) in [5, 5.41) is 8.68. The highest BCUT2D eigenvalue weighted by molar-refractivity contribution is 5.32. The zero-order valence-corrected chi connectivity index (χ0v) is 10.8. The minimum atomic E-state index is -0.265. The van der Waals surface area contributed by atoms with Crippen LogP contribution in [-0.2, 0) is 12.8 Å². The summed E-state index contributed by atoms with van der Waals surface area (Å²) in [7, 11) is 0. The van der Waals surface area contributed by atoms with Crippen molar-refractivity contribution in [1.82, 2.24) is 0 Å². The molecule has 0 amide bonds. The molecule has 0 aliphatic carbocycles. The van der Waals surface area contributed by atoms with Crippen LogP contribution in [0.25, 0.3) is 0 Å². The third kappa shape index (κ3) is 3.93. The van der Waals surface area contributed by atoms with Crippen LogP contribution in [0, 0.1) is 17.1 Å². The number of halogens is 1.